The van der Waals surface area contributed by atoms with Crippen LogP contribution < -0.4 is 15.4 Å². The first-order chi connectivity index (χ1) is 19.3. The molecule has 0 bridgehead atoms. The fourth-order valence-electron chi connectivity index (χ4n) is 4.98. The minimum Gasteiger partial charge on any atom is -0.493 e. The van der Waals surface area contributed by atoms with E-state index in [-0.39, 0.29) is 36.0 Å². The summed E-state index contributed by atoms with van der Waals surface area (Å²) >= 11 is 0. The SMILES string of the molecule is Cc1ccc(NC(=O)c2nc(NC(=O)CCCOc3cc4c(cc3C)C(=O)N3CCCC[C@H]3C=N4)cn2C)cc1. The highest BCUT2D eigenvalue weighted by Gasteiger charge is 2.30. The molecule has 2 aromatic carbocycles. The van der Waals surface area contributed by atoms with Crippen LogP contribution in [0.1, 0.15) is 64.2 Å². The van der Waals surface area contributed by atoms with Gasteiger partial charge in [-0.05, 0) is 63.3 Å². The molecule has 2 aliphatic rings. The minimum absolute atomic E-state index is 0.0221. The molecule has 1 aromatic heterocycles. The molecule has 3 aromatic rings. The molecule has 0 spiro atoms. The van der Waals surface area contributed by atoms with Gasteiger partial charge >= 0.3 is 0 Å². The van der Waals surface area contributed by atoms with Crippen molar-refractivity contribution >= 4 is 41.1 Å². The number of nitrogens with zero attached hydrogens (tertiary/aromatic N) is 4. The van der Waals surface area contributed by atoms with Crippen molar-refractivity contribution in [3.8, 4) is 5.75 Å². The molecular formula is C30H34N6O4. The number of ether oxygens (including phenoxy) is 1. The van der Waals surface area contributed by atoms with Crippen molar-refractivity contribution in [1.82, 2.24) is 14.5 Å². The lowest BCUT2D eigenvalue weighted by molar-refractivity contribution is -0.116. The third kappa shape index (κ3) is 6.06. The second-order valence-corrected chi connectivity index (χ2v) is 10.4. The molecule has 208 valence electrons. The highest BCUT2D eigenvalue weighted by atomic mass is 16.5. The van der Waals surface area contributed by atoms with Crippen LogP contribution in [0.5, 0.6) is 5.75 Å². The Labute approximate surface area is 233 Å². The fourth-order valence-corrected chi connectivity index (χ4v) is 4.98. The summed E-state index contributed by atoms with van der Waals surface area (Å²) < 4.78 is 7.54. The number of hydrogen-bond donors (Lipinski definition) is 2. The molecule has 3 amide bonds. The molecular weight excluding hydrogens is 508 g/mol. The van der Waals surface area contributed by atoms with Gasteiger partial charge in [-0.2, -0.15) is 0 Å². The van der Waals surface area contributed by atoms with Gasteiger partial charge in [0.25, 0.3) is 11.8 Å². The van der Waals surface area contributed by atoms with Gasteiger partial charge in [-0.25, -0.2) is 4.98 Å². The number of carbonyl (C=O) groups excluding carboxylic acids is 3. The maximum absolute atomic E-state index is 13.1. The largest absolute Gasteiger partial charge is 0.493 e. The molecule has 10 nitrogen and oxygen atoms in total. The van der Waals surface area contributed by atoms with E-state index in [4.69, 9.17) is 4.74 Å². The number of amides is 3. The van der Waals surface area contributed by atoms with Crippen LogP contribution >= 0.6 is 0 Å². The number of benzene rings is 2. The van der Waals surface area contributed by atoms with Crippen molar-refractivity contribution < 1.29 is 19.1 Å². The molecule has 1 saturated heterocycles. The van der Waals surface area contributed by atoms with Crippen LogP contribution in [0.25, 0.3) is 0 Å². The second-order valence-electron chi connectivity index (χ2n) is 10.4. The molecule has 1 atom stereocenters. The van der Waals surface area contributed by atoms with E-state index in [0.29, 0.717) is 41.5 Å². The number of aromatic nitrogens is 2. The predicted octanol–water partition coefficient (Wildman–Crippen LogP) is 4.80. The Balaban J connectivity index is 1.13. The summed E-state index contributed by atoms with van der Waals surface area (Å²) in [4.78, 5) is 49.0. The smallest absolute Gasteiger partial charge is 0.291 e. The number of imidazole rings is 1. The molecule has 0 unspecified atom stereocenters. The van der Waals surface area contributed by atoms with Crippen molar-refractivity contribution in [2.75, 3.05) is 23.8 Å². The second kappa shape index (κ2) is 11.7. The lowest BCUT2D eigenvalue weighted by Gasteiger charge is -2.32. The molecule has 5 rings (SSSR count). The standard InChI is InChI=1S/C30H34N6O4/c1-19-9-11-21(12-10-19)32-29(38)28-34-26(18-35(28)3)33-27(37)8-6-14-40-25-16-24-23(15-20(25)2)30(39)36-13-5-4-7-22(36)17-31-24/h9-12,15-18,22H,4-8,13-14H2,1-3H3,(H,32,38)(H,33,37)/t22-/m0/s1. The van der Waals surface area contributed by atoms with Crippen molar-refractivity contribution in [1.29, 1.82) is 0 Å². The number of carbonyl (C=O) groups is 3. The van der Waals surface area contributed by atoms with Crippen LogP contribution in [-0.2, 0) is 11.8 Å². The molecule has 3 heterocycles. The molecule has 40 heavy (non-hydrogen) atoms. The number of anilines is 2. The fraction of sp³-hybridized carbons (Fsp3) is 0.367. The van der Waals surface area contributed by atoms with E-state index in [0.717, 1.165) is 36.9 Å². The van der Waals surface area contributed by atoms with Crippen molar-refractivity contribution in [2.45, 2.75) is 52.0 Å². The summed E-state index contributed by atoms with van der Waals surface area (Å²) in [5.74, 6) is 0.584. The highest BCUT2D eigenvalue weighted by Crippen LogP contribution is 2.33. The predicted molar refractivity (Wildman–Crippen MR) is 154 cm³/mol. The third-order valence-corrected chi connectivity index (χ3v) is 7.18. The Kier molecular flexibility index (Phi) is 7.95. The van der Waals surface area contributed by atoms with Crippen LogP contribution in [0.3, 0.4) is 0 Å². The first-order valence-electron chi connectivity index (χ1n) is 13.6. The topological polar surface area (TPSA) is 118 Å². The Morgan fingerprint density at radius 1 is 1.10 bits per heavy atom. The zero-order valence-corrected chi connectivity index (χ0v) is 23.1. The summed E-state index contributed by atoms with van der Waals surface area (Å²) in [5.41, 5.74) is 3.84. The van der Waals surface area contributed by atoms with Gasteiger partial charge in [0.15, 0.2) is 5.82 Å². The summed E-state index contributed by atoms with van der Waals surface area (Å²) in [6, 6.07) is 11.2. The molecule has 0 radical (unpaired) electrons. The Hall–Kier alpha value is -4.47. The van der Waals surface area contributed by atoms with E-state index in [1.807, 2.05) is 61.4 Å². The van der Waals surface area contributed by atoms with E-state index in [1.165, 1.54) is 0 Å². The minimum atomic E-state index is -0.363. The Bertz CT molecular complexity index is 1460. The van der Waals surface area contributed by atoms with E-state index < -0.39 is 0 Å². The van der Waals surface area contributed by atoms with Gasteiger partial charge in [-0.3, -0.25) is 19.4 Å². The summed E-state index contributed by atoms with van der Waals surface area (Å²) in [6.07, 6.45) is 7.24. The maximum Gasteiger partial charge on any atom is 0.291 e. The van der Waals surface area contributed by atoms with Gasteiger partial charge in [0.05, 0.1) is 23.9 Å². The van der Waals surface area contributed by atoms with Gasteiger partial charge in [-0.15, -0.1) is 0 Å². The average molecular weight is 543 g/mol. The summed E-state index contributed by atoms with van der Waals surface area (Å²) in [6.45, 7) is 4.97. The van der Waals surface area contributed by atoms with E-state index >= 15 is 0 Å². The molecule has 1 fully saturated rings. The zero-order chi connectivity index (χ0) is 28.2. The number of piperidine rings is 1. The van der Waals surface area contributed by atoms with Gasteiger partial charge in [-0.1, -0.05) is 17.7 Å². The van der Waals surface area contributed by atoms with Crippen LogP contribution in [0, 0.1) is 13.8 Å². The van der Waals surface area contributed by atoms with Gasteiger partial charge in [0.1, 0.15) is 5.75 Å². The lowest BCUT2D eigenvalue weighted by Crippen LogP contribution is -2.43. The van der Waals surface area contributed by atoms with Gasteiger partial charge in [0.2, 0.25) is 11.7 Å². The van der Waals surface area contributed by atoms with Gasteiger partial charge in [0, 0.05) is 44.2 Å². The molecule has 0 saturated carbocycles. The first kappa shape index (κ1) is 27.1. The number of aliphatic imine (C=N–C) groups is 1. The monoisotopic (exact) mass is 542 g/mol. The normalized spacial score (nSPS) is 16.1. The Morgan fingerprint density at radius 3 is 2.70 bits per heavy atom. The van der Waals surface area contributed by atoms with Crippen LogP contribution in [0.2, 0.25) is 0 Å². The molecule has 2 aliphatic heterocycles. The Morgan fingerprint density at radius 2 is 1.90 bits per heavy atom. The number of rotatable bonds is 8. The zero-order valence-electron chi connectivity index (χ0n) is 23.1. The summed E-state index contributed by atoms with van der Waals surface area (Å²) in [7, 11) is 1.70. The van der Waals surface area contributed by atoms with Gasteiger partial charge < -0.3 is 24.8 Å². The maximum atomic E-state index is 13.1. The average Bonchev–Trinajstić information content (AvgIpc) is 3.25. The van der Waals surface area contributed by atoms with Crippen LogP contribution in [0.15, 0.2) is 47.6 Å². The first-order valence-corrected chi connectivity index (χ1v) is 13.6. The summed E-state index contributed by atoms with van der Waals surface area (Å²) in [5, 5.41) is 5.56. The number of aryl methyl sites for hydroxylation is 3. The van der Waals surface area contributed by atoms with E-state index in [2.05, 4.69) is 20.6 Å². The highest BCUT2D eigenvalue weighted by molar-refractivity contribution is 6.03. The molecule has 10 heteroatoms. The number of hydrogen-bond acceptors (Lipinski definition) is 6. The number of fused-ring (bicyclic) bond motifs is 2. The third-order valence-electron chi connectivity index (χ3n) is 7.18. The van der Waals surface area contributed by atoms with Crippen LogP contribution in [-0.4, -0.2) is 57.6 Å². The van der Waals surface area contributed by atoms with Crippen LogP contribution in [0.4, 0.5) is 17.2 Å². The molecule has 2 N–H and O–H groups in total. The van der Waals surface area contributed by atoms with Crippen molar-refractivity contribution in [3.63, 3.8) is 0 Å². The van der Waals surface area contributed by atoms with Crippen molar-refractivity contribution in [2.24, 2.45) is 12.0 Å². The van der Waals surface area contributed by atoms with E-state index in [9.17, 15) is 14.4 Å². The number of nitrogens with one attached hydrogen (secondary N) is 2. The lowest BCUT2D eigenvalue weighted by atomic mass is 10.0. The van der Waals surface area contributed by atoms with E-state index in [1.54, 1.807) is 17.8 Å². The van der Waals surface area contributed by atoms with Crippen molar-refractivity contribution in [3.05, 3.63) is 65.1 Å². The quantitative estimate of drug-likeness (QED) is 0.397. The molecule has 0 aliphatic carbocycles.